The van der Waals surface area contributed by atoms with Crippen molar-refractivity contribution in [3.63, 3.8) is 0 Å². The number of halogens is 3. The number of rotatable bonds is 3. The van der Waals surface area contributed by atoms with Crippen LogP contribution in [0.25, 0.3) is 11.1 Å². The normalized spacial score (nSPS) is 19.6. The molecule has 35 heavy (non-hydrogen) atoms. The van der Waals surface area contributed by atoms with Gasteiger partial charge in [0.25, 0.3) is 5.91 Å². The predicted molar refractivity (Wildman–Crippen MR) is 123 cm³/mol. The summed E-state index contributed by atoms with van der Waals surface area (Å²) in [5.74, 6) is -0.671. The molecule has 182 valence electrons. The van der Waals surface area contributed by atoms with Gasteiger partial charge < -0.3 is 20.1 Å². The first kappa shape index (κ1) is 23.3. The second kappa shape index (κ2) is 8.94. The Morgan fingerprint density at radius 3 is 2.83 bits per heavy atom. The van der Waals surface area contributed by atoms with Crippen molar-refractivity contribution in [2.75, 3.05) is 30.0 Å². The summed E-state index contributed by atoms with van der Waals surface area (Å²) in [6.45, 7) is 3.64. The molecule has 2 N–H and O–H groups in total. The van der Waals surface area contributed by atoms with Gasteiger partial charge in [0.1, 0.15) is 6.10 Å². The lowest BCUT2D eigenvalue weighted by Crippen LogP contribution is -2.49. The first-order valence-electron chi connectivity index (χ1n) is 11.2. The van der Waals surface area contributed by atoms with E-state index >= 15 is 0 Å². The lowest BCUT2D eigenvalue weighted by atomic mass is 9.94. The Bertz CT molecular complexity index is 1280. The number of morpholine rings is 1. The number of benzene rings is 1. The Balaban J connectivity index is 1.44. The number of nitrogens with one attached hydrogen (secondary N) is 1. The molecule has 7 nitrogen and oxygen atoms in total. The number of aliphatic hydroxyl groups excluding tert-OH is 1. The molecule has 0 spiro atoms. The first-order chi connectivity index (χ1) is 16.7. The number of aryl methyl sites for hydroxylation is 1. The number of hydrogen-bond acceptors (Lipinski definition) is 6. The Morgan fingerprint density at radius 1 is 1.20 bits per heavy atom. The highest BCUT2D eigenvalue weighted by molar-refractivity contribution is 6.04. The molecule has 10 heteroatoms. The number of hydrogen-bond donors (Lipinski definition) is 2. The van der Waals surface area contributed by atoms with Gasteiger partial charge in [-0.05, 0) is 37.3 Å². The smallest absolute Gasteiger partial charge is 0.387 e. The molecular weight excluding hydrogens is 461 g/mol. The first-order valence-corrected chi connectivity index (χ1v) is 11.2. The fraction of sp³-hybridized carbons (Fsp3) is 0.320. The van der Waals surface area contributed by atoms with Crippen molar-refractivity contribution in [1.29, 1.82) is 0 Å². The molecule has 0 saturated carbocycles. The number of fused-ring (bicyclic) bond motifs is 3. The number of carbonyl (C=O) groups is 1. The number of amides is 1. The fourth-order valence-corrected chi connectivity index (χ4v) is 4.57. The van der Waals surface area contributed by atoms with Gasteiger partial charge in [-0.15, -0.1) is 0 Å². The summed E-state index contributed by atoms with van der Waals surface area (Å²) in [5, 5.41) is 13.2. The van der Waals surface area contributed by atoms with E-state index in [1.54, 1.807) is 12.3 Å². The van der Waals surface area contributed by atoms with E-state index in [2.05, 4.69) is 20.2 Å². The van der Waals surface area contributed by atoms with Crippen molar-refractivity contribution < 1.29 is 27.8 Å². The Kier molecular flexibility index (Phi) is 5.94. The highest BCUT2D eigenvalue weighted by Gasteiger charge is 2.35. The van der Waals surface area contributed by atoms with Crippen LogP contribution in [-0.2, 0) is 10.9 Å². The fourth-order valence-electron chi connectivity index (χ4n) is 4.57. The zero-order chi connectivity index (χ0) is 24.7. The van der Waals surface area contributed by atoms with Gasteiger partial charge in [0.15, 0.2) is 0 Å². The highest BCUT2D eigenvalue weighted by atomic mass is 19.4. The maximum atomic E-state index is 13.0. The molecule has 3 aromatic rings. The van der Waals surface area contributed by atoms with Gasteiger partial charge in [-0.3, -0.25) is 14.8 Å². The minimum atomic E-state index is -4.54. The van der Waals surface area contributed by atoms with Crippen molar-refractivity contribution in [2.45, 2.75) is 31.7 Å². The summed E-state index contributed by atoms with van der Waals surface area (Å²) in [6.07, 6.45) is -1.55. The van der Waals surface area contributed by atoms with Gasteiger partial charge in [0.2, 0.25) is 0 Å². The number of carbonyl (C=O) groups excluding carboxylic acids is 1. The lowest BCUT2D eigenvalue weighted by Gasteiger charge is -2.43. The second-order valence-corrected chi connectivity index (χ2v) is 8.69. The van der Waals surface area contributed by atoms with Gasteiger partial charge in [-0.2, -0.15) is 13.2 Å². The molecule has 1 fully saturated rings. The summed E-state index contributed by atoms with van der Waals surface area (Å²) in [6, 6.07) is 7.99. The van der Waals surface area contributed by atoms with Crippen LogP contribution in [0.2, 0.25) is 0 Å². The monoisotopic (exact) mass is 484 g/mol. The minimum Gasteiger partial charge on any atom is -0.387 e. The van der Waals surface area contributed by atoms with Crippen LogP contribution in [-0.4, -0.2) is 46.8 Å². The molecule has 2 atom stereocenters. The molecule has 0 radical (unpaired) electrons. The average Bonchev–Trinajstić information content (AvgIpc) is 2.84. The van der Waals surface area contributed by atoms with Crippen LogP contribution in [0.3, 0.4) is 0 Å². The van der Waals surface area contributed by atoms with E-state index in [-0.39, 0.29) is 11.6 Å². The summed E-state index contributed by atoms with van der Waals surface area (Å²) in [4.78, 5) is 23.7. The summed E-state index contributed by atoms with van der Waals surface area (Å²) >= 11 is 0. The molecule has 0 aliphatic carbocycles. The molecule has 1 aromatic carbocycles. The van der Waals surface area contributed by atoms with Crippen LogP contribution in [0.15, 0.2) is 48.8 Å². The number of aromatic nitrogens is 2. The second-order valence-electron chi connectivity index (χ2n) is 8.69. The molecule has 4 heterocycles. The number of ether oxygens (including phenoxy) is 1. The molecule has 2 aromatic heterocycles. The van der Waals surface area contributed by atoms with Crippen LogP contribution in [0, 0.1) is 6.92 Å². The minimum absolute atomic E-state index is 0.0700. The van der Waals surface area contributed by atoms with Crippen LogP contribution in [0.5, 0.6) is 0 Å². The maximum absolute atomic E-state index is 13.0. The quantitative estimate of drug-likeness (QED) is 0.574. The molecule has 2 aliphatic heterocycles. The summed E-state index contributed by atoms with van der Waals surface area (Å²) < 4.78 is 44.6. The van der Waals surface area contributed by atoms with E-state index in [9.17, 15) is 23.1 Å². The van der Waals surface area contributed by atoms with Crippen molar-refractivity contribution >= 4 is 17.3 Å². The third kappa shape index (κ3) is 4.59. The van der Waals surface area contributed by atoms with E-state index in [0.717, 1.165) is 23.4 Å². The van der Waals surface area contributed by atoms with Crippen molar-refractivity contribution in [2.24, 2.45) is 0 Å². The van der Waals surface area contributed by atoms with Crippen LogP contribution < -0.4 is 10.2 Å². The van der Waals surface area contributed by atoms with Gasteiger partial charge in [0.05, 0.1) is 48.1 Å². The summed E-state index contributed by atoms with van der Waals surface area (Å²) in [7, 11) is 0. The van der Waals surface area contributed by atoms with Crippen LogP contribution in [0.1, 0.15) is 39.8 Å². The van der Waals surface area contributed by atoms with Crippen molar-refractivity contribution in [3.05, 3.63) is 71.3 Å². The SMILES string of the molecule is Cc1ncc(NC(=O)c2cccc(C(F)(F)F)c2)cc1-c1cnc2c(c1)N1CCOC[C@@H]1C[C@@H]2O. The lowest BCUT2D eigenvalue weighted by molar-refractivity contribution is -0.137. The number of alkyl halides is 3. The largest absolute Gasteiger partial charge is 0.416 e. The van der Waals surface area contributed by atoms with E-state index in [1.807, 2.05) is 13.0 Å². The van der Waals surface area contributed by atoms with E-state index in [1.165, 1.54) is 18.3 Å². The molecule has 0 unspecified atom stereocenters. The van der Waals surface area contributed by atoms with Crippen molar-refractivity contribution in [3.8, 4) is 11.1 Å². The predicted octanol–water partition coefficient (Wildman–Crippen LogP) is 4.37. The van der Waals surface area contributed by atoms with Gasteiger partial charge in [0, 0.05) is 41.5 Å². The number of pyridine rings is 2. The zero-order valence-electron chi connectivity index (χ0n) is 18.8. The number of anilines is 2. The molecule has 5 rings (SSSR count). The molecule has 2 aliphatic rings. The number of aliphatic hydroxyl groups is 1. The molecule has 1 saturated heterocycles. The third-order valence-corrected chi connectivity index (χ3v) is 6.35. The van der Waals surface area contributed by atoms with E-state index in [0.29, 0.717) is 48.8 Å². The van der Waals surface area contributed by atoms with Crippen LogP contribution >= 0.6 is 0 Å². The van der Waals surface area contributed by atoms with Crippen molar-refractivity contribution in [1.82, 2.24) is 9.97 Å². The Hall–Kier alpha value is -3.50. The number of nitrogens with zero attached hydrogens (tertiary/aromatic N) is 3. The molecular formula is C25H23F3N4O3. The summed E-state index contributed by atoms with van der Waals surface area (Å²) in [5.41, 5.74) is 2.96. The third-order valence-electron chi connectivity index (χ3n) is 6.35. The average molecular weight is 484 g/mol. The van der Waals surface area contributed by atoms with Gasteiger partial charge in [-0.25, -0.2) is 0 Å². The Morgan fingerprint density at radius 2 is 2.03 bits per heavy atom. The maximum Gasteiger partial charge on any atom is 0.416 e. The van der Waals surface area contributed by atoms with E-state index in [4.69, 9.17) is 4.74 Å². The standard InChI is InChI=1S/C25H23F3N4O3/c1-14-20(16-8-21-23(30-11-16)22(33)10-19-13-35-6-5-32(19)21)9-18(12-29-14)31-24(34)15-3-2-4-17(7-15)25(26,27)28/h2-4,7-9,11-12,19,22,33H,5-6,10,13H2,1H3,(H,31,34)/t19-,22-/m0/s1. The molecule has 0 bridgehead atoms. The van der Waals surface area contributed by atoms with Gasteiger partial charge in [-0.1, -0.05) is 6.07 Å². The zero-order valence-corrected chi connectivity index (χ0v) is 18.8. The molecule has 1 amide bonds. The highest BCUT2D eigenvalue weighted by Crippen LogP contribution is 2.39. The Labute approximate surface area is 199 Å². The van der Waals surface area contributed by atoms with Crippen LogP contribution in [0.4, 0.5) is 24.5 Å². The topological polar surface area (TPSA) is 87.6 Å². The van der Waals surface area contributed by atoms with Gasteiger partial charge >= 0.3 is 6.18 Å². The van der Waals surface area contributed by atoms with E-state index < -0.39 is 23.8 Å².